The van der Waals surface area contributed by atoms with Crippen molar-refractivity contribution in [3.63, 3.8) is 0 Å². The summed E-state index contributed by atoms with van der Waals surface area (Å²) >= 11 is 1.11. The molecule has 1 amide bonds. The Morgan fingerprint density at radius 2 is 2.07 bits per heavy atom. The topological polar surface area (TPSA) is 97.9 Å². The molecular formula is C19H16N4O3S. The first-order valence-electron chi connectivity index (χ1n) is 8.31. The average molecular weight is 380 g/mol. The number of para-hydroxylation sites is 1. The van der Waals surface area contributed by atoms with E-state index in [1.807, 2.05) is 60.8 Å². The number of aromatic nitrogens is 3. The van der Waals surface area contributed by atoms with E-state index in [0.29, 0.717) is 11.4 Å². The molecule has 0 aliphatic carbocycles. The molecule has 0 radical (unpaired) electrons. The summed E-state index contributed by atoms with van der Waals surface area (Å²) in [5.74, 6) is -0.785. The highest BCUT2D eigenvalue weighted by atomic mass is 32.2. The normalized spacial score (nSPS) is 12.2. The average Bonchev–Trinajstić information content (AvgIpc) is 3.29. The summed E-state index contributed by atoms with van der Waals surface area (Å²) in [6.07, 6.45) is 1.85. The van der Waals surface area contributed by atoms with Gasteiger partial charge in [0.1, 0.15) is 0 Å². The summed E-state index contributed by atoms with van der Waals surface area (Å²) in [4.78, 5) is 15.7. The van der Waals surface area contributed by atoms with E-state index < -0.39 is 11.2 Å². The number of carbonyl (C=O) groups excluding carboxylic acids is 1. The van der Waals surface area contributed by atoms with E-state index in [1.165, 1.54) is 4.68 Å². The lowest BCUT2D eigenvalue weighted by atomic mass is 10.2. The van der Waals surface area contributed by atoms with Crippen molar-refractivity contribution < 1.29 is 19.1 Å². The number of rotatable bonds is 5. The summed E-state index contributed by atoms with van der Waals surface area (Å²) in [5, 5.41) is 19.4. The van der Waals surface area contributed by atoms with Gasteiger partial charge in [0.15, 0.2) is 5.95 Å². The molecular weight excluding hydrogens is 364 g/mol. The van der Waals surface area contributed by atoms with E-state index in [1.54, 1.807) is 6.92 Å². The van der Waals surface area contributed by atoms with Gasteiger partial charge in [0.05, 0.1) is 10.5 Å². The summed E-state index contributed by atoms with van der Waals surface area (Å²) in [6, 6.07) is 16.7. The van der Waals surface area contributed by atoms with E-state index in [2.05, 4.69) is 15.6 Å². The molecule has 4 aromatic rings. The summed E-state index contributed by atoms with van der Waals surface area (Å²) in [6.45, 7) is 1.73. The highest BCUT2D eigenvalue weighted by molar-refractivity contribution is 8.00. The number of aromatic amines is 1. The van der Waals surface area contributed by atoms with E-state index in [4.69, 9.17) is 4.52 Å². The molecule has 0 aliphatic heterocycles. The van der Waals surface area contributed by atoms with Gasteiger partial charge in [-0.15, -0.1) is 0 Å². The Morgan fingerprint density at radius 1 is 1.26 bits per heavy atom. The van der Waals surface area contributed by atoms with Crippen molar-refractivity contribution in [1.29, 1.82) is 0 Å². The molecule has 0 saturated carbocycles. The first-order chi connectivity index (χ1) is 13.1. The smallest absolute Gasteiger partial charge is 0.298 e. The maximum atomic E-state index is 12.6. The second-order valence-corrected chi connectivity index (χ2v) is 7.27. The predicted octanol–water partition coefficient (Wildman–Crippen LogP) is 2.63. The molecule has 4 rings (SSSR count). The number of anilines is 1. The fourth-order valence-corrected chi connectivity index (χ4v) is 3.54. The highest BCUT2D eigenvalue weighted by Gasteiger charge is 2.26. The van der Waals surface area contributed by atoms with Gasteiger partial charge < -0.3 is 19.9 Å². The maximum Gasteiger partial charge on any atom is 0.298 e. The minimum atomic E-state index is -0.572. The van der Waals surface area contributed by atoms with Crippen LogP contribution in [-0.2, 0) is 4.79 Å². The van der Waals surface area contributed by atoms with Crippen molar-refractivity contribution in [3.8, 4) is 11.6 Å². The molecule has 2 aromatic carbocycles. The van der Waals surface area contributed by atoms with E-state index in [-0.39, 0.29) is 10.9 Å². The SMILES string of the molecule is CC(Sc1c([O-])on[n+]1-c1ccccc1)C(=O)Nc1ccc2[nH]ccc2c1. The number of thioether (sulfide) groups is 1. The minimum Gasteiger partial charge on any atom is -0.538 e. The van der Waals surface area contributed by atoms with Crippen molar-refractivity contribution >= 4 is 34.3 Å². The van der Waals surface area contributed by atoms with Gasteiger partial charge in [0.2, 0.25) is 11.6 Å². The molecule has 0 aliphatic rings. The van der Waals surface area contributed by atoms with Crippen LogP contribution in [0.25, 0.3) is 16.6 Å². The molecule has 1 atom stereocenters. The van der Waals surface area contributed by atoms with Crippen molar-refractivity contribution in [3.05, 3.63) is 60.8 Å². The molecule has 8 heteroatoms. The van der Waals surface area contributed by atoms with Crippen LogP contribution in [0.4, 0.5) is 5.69 Å². The number of hydrogen-bond donors (Lipinski definition) is 2. The predicted molar refractivity (Wildman–Crippen MR) is 99.7 cm³/mol. The molecule has 7 nitrogen and oxygen atoms in total. The number of H-pyrrole nitrogens is 1. The Hall–Kier alpha value is -3.26. The Kier molecular flexibility index (Phi) is 4.55. The first kappa shape index (κ1) is 17.2. The van der Waals surface area contributed by atoms with Crippen molar-refractivity contribution in [2.75, 3.05) is 5.32 Å². The van der Waals surface area contributed by atoms with Crippen molar-refractivity contribution in [2.24, 2.45) is 0 Å². The van der Waals surface area contributed by atoms with E-state index in [0.717, 1.165) is 22.7 Å². The lowest BCUT2D eigenvalue weighted by molar-refractivity contribution is -0.705. The summed E-state index contributed by atoms with van der Waals surface area (Å²) in [7, 11) is 0. The van der Waals surface area contributed by atoms with Crippen molar-refractivity contribution in [2.45, 2.75) is 17.2 Å². The number of fused-ring (bicyclic) bond motifs is 1. The van der Waals surface area contributed by atoms with Gasteiger partial charge in [-0.3, -0.25) is 4.79 Å². The third-order valence-corrected chi connectivity index (χ3v) is 5.18. The molecule has 2 aromatic heterocycles. The van der Waals surface area contributed by atoms with E-state index in [9.17, 15) is 9.90 Å². The monoisotopic (exact) mass is 380 g/mol. The first-order valence-corrected chi connectivity index (χ1v) is 9.19. The van der Waals surface area contributed by atoms with E-state index >= 15 is 0 Å². The third kappa shape index (κ3) is 3.52. The van der Waals surface area contributed by atoms with Gasteiger partial charge in [-0.1, -0.05) is 18.2 Å². The quantitative estimate of drug-likeness (QED) is 0.410. The highest BCUT2D eigenvalue weighted by Crippen LogP contribution is 2.28. The molecule has 2 heterocycles. The molecule has 0 spiro atoms. The Labute approximate surface area is 159 Å². The van der Waals surface area contributed by atoms with Crippen LogP contribution in [0.5, 0.6) is 5.95 Å². The second-order valence-electron chi connectivity index (χ2n) is 5.94. The zero-order valence-electron chi connectivity index (χ0n) is 14.4. The molecule has 0 saturated heterocycles. The summed E-state index contributed by atoms with van der Waals surface area (Å²) in [5.41, 5.74) is 2.39. The van der Waals surface area contributed by atoms with Crippen LogP contribution >= 0.6 is 11.8 Å². The molecule has 0 bridgehead atoms. The Bertz CT molecular complexity index is 1090. The molecule has 27 heavy (non-hydrogen) atoms. The Morgan fingerprint density at radius 3 is 2.89 bits per heavy atom. The zero-order valence-corrected chi connectivity index (χ0v) is 15.2. The molecule has 136 valence electrons. The van der Waals surface area contributed by atoms with Crippen LogP contribution in [0.15, 0.2) is 70.3 Å². The van der Waals surface area contributed by atoms with Crippen LogP contribution in [0.2, 0.25) is 0 Å². The summed E-state index contributed by atoms with van der Waals surface area (Å²) < 4.78 is 6.20. The standard InChI is InChI=1S/C19H15N4O3S/c1-12(17(24)21-14-7-8-16-13(11-14)9-10-20-16)27-18-19(25)26-22-23(18)15-5-3-2-4-6-15/h2-12,25H,1H3/q-1/p+1. The van der Waals surface area contributed by atoms with Crippen LogP contribution in [0.3, 0.4) is 0 Å². The molecule has 0 fully saturated rings. The Balaban J connectivity index is 1.51. The lowest BCUT2D eigenvalue weighted by Crippen LogP contribution is -2.36. The zero-order chi connectivity index (χ0) is 18.8. The fourth-order valence-electron chi connectivity index (χ4n) is 2.67. The molecule has 2 N–H and O–H groups in total. The van der Waals surface area contributed by atoms with Crippen LogP contribution < -0.4 is 15.1 Å². The van der Waals surface area contributed by atoms with Gasteiger partial charge in [0, 0.05) is 34.9 Å². The van der Waals surface area contributed by atoms with Gasteiger partial charge >= 0.3 is 0 Å². The second kappa shape index (κ2) is 7.16. The van der Waals surface area contributed by atoms with Gasteiger partial charge in [0.25, 0.3) is 5.03 Å². The van der Waals surface area contributed by atoms with Crippen LogP contribution in [0, 0.1) is 0 Å². The number of hydrogen-bond acceptors (Lipinski definition) is 5. The minimum absolute atomic E-state index is 0.213. The number of benzene rings is 2. The van der Waals surface area contributed by atoms with Crippen molar-refractivity contribution in [1.82, 2.24) is 10.3 Å². The number of amides is 1. The molecule has 1 unspecified atom stereocenters. The fraction of sp³-hybridized carbons (Fsp3) is 0.105. The third-order valence-electron chi connectivity index (χ3n) is 4.05. The number of nitrogens with one attached hydrogen (secondary N) is 2. The van der Waals surface area contributed by atoms with Crippen LogP contribution in [-0.4, -0.2) is 21.4 Å². The number of nitrogens with zero attached hydrogens (tertiary/aromatic N) is 2. The van der Waals surface area contributed by atoms with Crippen LogP contribution in [0.1, 0.15) is 6.92 Å². The van der Waals surface area contributed by atoms with Gasteiger partial charge in [-0.2, -0.15) is 0 Å². The van der Waals surface area contributed by atoms with Gasteiger partial charge in [-0.25, -0.2) is 0 Å². The largest absolute Gasteiger partial charge is 0.538 e. The van der Waals surface area contributed by atoms with Gasteiger partial charge in [-0.05, 0) is 47.6 Å². The number of carbonyl (C=O) groups is 1. The lowest BCUT2D eigenvalue weighted by Gasteiger charge is -2.10. The maximum absolute atomic E-state index is 12.6.